The molecule has 0 spiro atoms. The molecule has 3 aromatic rings. The first-order valence-electron chi connectivity index (χ1n) is 14.2. The van der Waals surface area contributed by atoms with Crippen molar-refractivity contribution >= 4 is 45.3 Å². The standard InChI is InChI=1S/C23H23BrClN3.C9H18N2O2/c1-4-7-23(2,22-13-26-14-28(22)3)20-9-16-8-17(24)12-27-21(16)10-15-5-6-18(25)11-19(15)20;1-9(2,3)13-8(12)11-6-4-10-5-7-11/h5-6,8-9,11-14H,4,7,10H2,1-3H3;10H,4-7H2,1-3H3. The van der Waals surface area contributed by atoms with Gasteiger partial charge in [-0.05, 0) is 96.6 Å². The van der Waals surface area contributed by atoms with Crippen molar-refractivity contribution in [3.8, 4) is 0 Å². The molecule has 1 unspecified atom stereocenters. The fraction of sp³-hybridized carbons (Fsp3) is 0.469. The maximum Gasteiger partial charge on any atom is 0.410 e. The summed E-state index contributed by atoms with van der Waals surface area (Å²) in [6.07, 6.45) is 10.7. The number of carbonyl (C=O) groups is 1. The quantitative estimate of drug-likeness (QED) is 0.324. The number of allylic oxidation sites excluding steroid dienone is 1. The molecule has 1 N–H and O–H groups in total. The van der Waals surface area contributed by atoms with Gasteiger partial charge in [0.2, 0.25) is 0 Å². The van der Waals surface area contributed by atoms with Crippen LogP contribution in [0.2, 0.25) is 5.02 Å². The van der Waals surface area contributed by atoms with E-state index in [2.05, 4.69) is 76.0 Å². The van der Waals surface area contributed by atoms with Gasteiger partial charge in [0.05, 0.1) is 12.0 Å². The summed E-state index contributed by atoms with van der Waals surface area (Å²) >= 11 is 10.0. The van der Waals surface area contributed by atoms with Gasteiger partial charge in [-0.1, -0.05) is 31.0 Å². The zero-order valence-corrected chi connectivity index (χ0v) is 27.3. The van der Waals surface area contributed by atoms with Crippen LogP contribution in [0.25, 0.3) is 11.6 Å². The van der Waals surface area contributed by atoms with E-state index in [0.29, 0.717) is 0 Å². The molecule has 9 heteroatoms. The van der Waals surface area contributed by atoms with E-state index in [-0.39, 0.29) is 17.1 Å². The Hall–Kier alpha value is -2.68. The molecule has 1 aliphatic carbocycles. The summed E-state index contributed by atoms with van der Waals surface area (Å²) in [6, 6.07) is 8.38. The van der Waals surface area contributed by atoms with E-state index in [1.165, 1.54) is 22.4 Å². The van der Waals surface area contributed by atoms with Gasteiger partial charge in [-0.2, -0.15) is 0 Å². The van der Waals surface area contributed by atoms with Gasteiger partial charge in [0, 0.05) is 72.6 Å². The van der Waals surface area contributed by atoms with Gasteiger partial charge in [0.25, 0.3) is 0 Å². The maximum atomic E-state index is 11.5. The molecule has 0 saturated carbocycles. The summed E-state index contributed by atoms with van der Waals surface area (Å²) in [5.74, 6) is 0. The number of aromatic nitrogens is 3. The first-order chi connectivity index (χ1) is 19.4. The number of rotatable bonds is 4. The van der Waals surface area contributed by atoms with Crippen molar-refractivity contribution in [3.63, 3.8) is 0 Å². The monoisotopic (exact) mass is 641 g/mol. The fourth-order valence-electron chi connectivity index (χ4n) is 5.54. The van der Waals surface area contributed by atoms with E-state index in [9.17, 15) is 4.79 Å². The van der Waals surface area contributed by atoms with E-state index in [4.69, 9.17) is 21.3 Å². The smallest absolute Gasteiger partial charge is 0.410 e. The number of carbonyl (C=O) groups excluding carboxylic acids is 1. The summed E-state index contributed by atoms with van der Waals surface area (Å²) in [4.78, 5) is 22.3. The highest BCUT2D eigenvalue weighted by atomic mass is 79.9. The first-order valence-corrected chi connectivity index (χ1v) is 15.4. The second-order valence-electron chi connectivity index (χ2n) is 11.9. The normalized spacial score (nSPS) is 16.3. The fourth-order valence-corrected chi connectivity index (χ4v) is 6.06. The Labute approximate surface area is 257 Å². The number of fused-ring (bicyclic) bond motifs is 2. The summed E-state index contributed by atoms with van der Waals surface area (Å²) in [7, 11) is 2.07. The number of ether oxygens (including phenoxy) is 1. The third kappa shape index (κ3) is 7.59. The number of aryl methyl sites for hydroxylation is 1. The Kier molecular flexibility index (Phi) is 9.98. The second-order valence-corrected chi connectivity index (χ2v) is 13.3. The number of halogens is 2. The third-order valence-electron chi connectivity index (χ3n) is 7.49. The predicted molar refractivity (Wildman–Crippen MR) is 170 cm³/mol. The molecular formula is C32H41BrClN5O2. The van der Waals surface area contributed by atoms with Crippen LogP contribution in [-0.4, -0.2) is 57.3 Å². The molecule has 3 heterocycles. The lowest BCUT2D eigenvalue weighted by Crippen LogP contribution is -2.48. The predicted octanol–water partition coefficient (Wildman–Crippen LogP) is 7.26. The SMILES string of the molecule is CC(C)(C)OC(=O)N1CCNCC1.CCCC(C)(C1=Cc2cc(Br)cnc2Cc2ccc(Cl)cc21)c1cncn1C. The van der Waals surface area contributed by atoms with E-state index in [0.717, 1.165) is 66.2 Å². The van der Waals surface area contributed by atoms with Gasteiger partial charge in [-0.15, -0.1) is 0 Å². The van der Waals surface area contributed by atoms with E-state index in [1.54, 1.807) is 4.90 Å². The Balaban J connectivity index is 0.000000251. The molecule has 1 amide bonds. The maximum absolute atomic E-state index is 11.5. The van der Waals surface area contributed by atoms with Crippen LogP contribution in [0.3, 0.4) is 0 Å². The molecule has 0 radical (unpaired) electrons. The molecule has 220 valence electrons. The van der Waals surface area contributed by atoms with Gasteiger partial charge in [-0.3, -0.25) is 4.98 Å². The Bertz CT molecular complexity index is 1410. The van der Waals surface area contributed by atoms with Crippen molar-refractivity contribution in [3.05, 3.63) is 80.6 Å². The molecule has 2 aromatic heterocycles. The lowest BCUT2D eigenvalue weighted by molar-refractivity contribution is 0.0229. The number of piperazine rings is 1. The number of benzene rings is 1. The highest BCUT2D eigenvalue weighted by Crippen LogP contribution is 2.46. The topological polar surface area (TPSA) is 72.3 Å². The molecule has 41 heavy (non-hydrogen) atoms. The van der Waals surface area contributed by atoms with E-state index < -0.39 is 0 Å². The van der Waals surface area contributed by atoms with Crippen LogP contribution in [0.4, 0.5) is 4.79 Å². The van der Waals surface area contributed by atoms with E-state index >= 15 is 0 Å². The molecule has 1 atom stereocenters. The molecule has 1 aromatic carbocycles. The van der Waals surface area contributed by atoms with Crippen molar-refractivity contribution in [2.75, 3.05) is 26.2 Å². The van der Waals surface area contributed by atoms with Gasteiger partial charge >= 0.3 is 6.09 Å². The molecule has 7 nitrogen and oxygen atoms in total. The van der Waals surface area contributed by atoms with Crippen LogP contribution in [0.15, 0.2) is 47.5 Å². The largest absolute Gasteiger partial charge is 0.444 e. The average molecular weight is 643 g/mol. The molecule has 1 saturated heterocycles. The van der Waals surface area contributed by atoms with E-state index in [1.807, 2.05) is 45.6 Å². The van der Waals surface area contributed by atoms with Crippen molar-refractivity contribution in [1.29, 1.82) is 0 Å². The summed E-state index contributed by atoms with van der Waals surface area (Å²) in [6.45, 7) is 13.4. The Morgan fingerprint density at radius 1 is 1.15 bits per heavy atom. The molecular weight excluding hydrogens is 602 g/mol. The number of hydrogen-bond donors (Lipinski definition) is 1. The van der Waals surface area contributed by atoms with Crippen LogP contribution in [0, 0.1) is 0 Å². The zero-order valence-electron chi connectivity index (χ0n) is 24.9. The number of imidazole rings is 1. The molecule has 0 bridgehead atoms. The lowest BCUT2D eigenvalue weighted by atomic mass is 9.71. The Morgan fingerprint density at radius 3 is 2.51 bits per heavy atom. The van der Waals surface area contributed by atoms with Gasteiger partial charge < -0.3 is 19.5 Å². The minimum Gasteiger partial charge on any atom is -0.444 e. The number of nitrogens with zero attached hydrogens (tertiary/aromatic N) is 4. The van der Waals surface area contributed by atoms with Crippen LogP contribution in [0.1, 0.15) is 75.5 Å². The van der Waals surface area contributed by atoms with Crippen molar-refractivity contribution in [2.24, 2.45) is 7.05 Å². The van der Waals surface area contributed by atoms with Crippen LogP contribution >= 0.6 is 27.5 Å². The first kappa shape index (κ1) is 31.3. The van der Waals surface area contributed by atoms with Crippen molar-refractivity contribution in [1.82, 2.24) is 24.8 Å². The molecule has 1 fully saturated rings. The highest BCUT2D eigenvalue weighted by molar-refractivity contribution is 9.10. The minimum absolute atomic E-state index is 0.191. The highest BCUT2D eigenvalue weighted by Gasteiger charge is 2.36. The van der Waals surface area contributed by atoms with Crippen LogP contribution in [-0.2, 0) is 23.6 Å². The third-order valence-corrected chi connectivity index (χ3v) is 8.15. The summed E-state index contributed by atoms with van der Waals surface area (Å²) in [5.41, 5.74) is 6.61. The molecule has 5 rings (SSSR count). The van der Waals surface area contributed by atoms with Crippen LogP contribution in [0.5, 0.6) is 0 Å². The van der Waals surface area contributed by atoms with Crippen LogP contribution < -0.4 is 5.32 Å². The summed E-state index contributed by atoms with van der Waals surface area (Å²) < 4.78 is 8.36. The van der Waals surface area contributed by atoms with Crippen molar-refractivity contribution in [2.45, 2.75) is 64.9 Å². The van der Waals surface area contributed by atoms with Gasteiger partial charge in [0.15, 0.2) is 0 Å². The number of amides is 1. The summed E-state index contributed by atoms with van der Waals surface area (Å²) in [5, 5.41) is 3.94. The van der Waals surface area contributed by atoms with Gasteiger partial charge in [0.1, 0.15) is 5.60 Å². The Morgan fingerprint density at radius 2 is 1.88 bits per heavy atom. The number of hydrogen-bond acceptors (Lipinski definition) is 5. The number of pyridine rings is 1. The lowest BCUT2D eigenvalue weighted by Gasteiger charge is -2.34. The minimum atomic E-state index is -0.387. The van der Waals surface area contributed by atoms with Crippen molar-refractivity contribution < 1.29 is 9.53 Å². The molecule has 1 aliphatic heterocycles. The van der Waals surface area contributed by atoms with Gasteiger partial charge in [-0.25, -0.2) is 9.78 Å². The molecule has 2 aliphatic rings. The number of nitrogens with one attached hydrogen (secondary N) is 1. The zero-order chi connectivity index (χ0) is 29.8. The second kappa shape index (κ2) is 13.1. The average Bonchev–Trinajstić information content (AvgIpc) is 3.29.